The fourth-order valence-electron chi connectivity index (χ4n) is 5.82. The van der Waals surface area contributed by atoms with Gasteiger partial charge in [-0.05, 0) is 67.7 Å². The van der Waals surface area contributed by atoms with Gasteiger partial charge in [-0.15, -0.1) is 0 Å². The molecule has 2 fully saturated rings. The molecule has 0 radical (unpaired) electrons. The van der Waals surface area contributed by atoms with Gasteiger partial charge in [0.1, 0.15) is 23.8 Å². The Hall–Kier alpha value is -2.77. The largest absolute Gasteiger partial charge is 0.489 e. The van der Waals surface area contributed by atoms with Crippen LogP contribution < -0.4 is 4.74 Å². The van der Waals surface area contributed by atoms with Gasteiger partial charge < -0.3 is 19.5 Å². The van der Waals surface area contributed by atoms with Crippen LogP contribution in [-0.4, -0.2) is 21.3 Å². The van der Waals surface area contributed by atoms with Crippen LogP contribution in [0, 0.1) is 11.3 Å². The second kappa shape index (κ2) is 10.3. The minimum absolute atomic E-state index is 0.199. The van der Waals surface area contributed by atoms with Crippen LogP contribution in [0.5, 0.6) is 5.75 Å². The number of benzene rings is 2. The summed E-state index contributed by atoms with van der Waals surface area (Å²) >= 11 is 19.6. The Balaban J connectivity index is 1.17. The number of ether oxygens (including phenoxy) is 1. The predicted molar refractivity (Wildman–Crippen MR) is 154 cm³/mol. The molecule has 1 atom stereocenters. The number of nitrogens with zero attached hydrogens (tertiary/aromatic N) is 1. The molecule has 1 unspecified atom stereocenters. The van der Waals surface area contributed by atoms with E-state index in [1.54, 1.807) is 36.4 Å². The third-order valence-electron chi connectivity index (χ3n) is 8.54. The Morgan fingerprint density at radius 1 is 1.12 bits per heavy atom. The first-order chi connectivity index (χ1) is 19.1. The normalized spacial score (nSPS) is 25.8. The molecule has 0 amide bonds. The van der Waals surface area contributed by atoms with Gasteiger partial charge in [0.05, 0.1) is 31.8 Å². The number of hydrogen-bond donors (Lipinski definition) is 2. The molecule has 40 heavy (non-hydrogen) atoms. The van der Waals surface area contributed by atoms with Crippen LogP contribution in [0.25, 0.3) is 11.3 Å². The van der Waals surface area contributed by atoms with Gasteiger partial charge in [-0.1, -0.05) is 77.2 Å². The second-order valence-electron chi connectivity index (χ2n) is 11.3. The maximum absolute atomic E-state index is 11.4. The van der Waals surface area contributed by atoms with Crippen molar-refractivity contribution in [1.82, 2.24) is 5.16 Å². The van der Waals surface area contributed by atoms with E-state index in [-0.39, 0.29) is 17.9 Å². The lowest BCUT2D eigenvalue weighted by Crippen LogP contribution is -2.48. The number of allylic oxidation sites excluding steroid dienone is 2. The van der Waals surface area contributed by atoms with Crippen molar-refractivity contribution < 1.29 is 24.3 Å². The van der Waals surface area contributed by atoms with Gasteiger partial charge in [0, 0.05) is 17.0 Å². The van der Waals surface area contributed by atoms with Crippen LogP contribution in [-0.2, 0) is 17.0 Å². The van der Waals surface area contributed by atoms with E-state index in [1.165, 1.54) is 0 Å². The number of aliphatic hydroxyl groups is 1. The summed E-state index contributed by atoms with van der Waals surface area (Å²) in [5.74, 6) is 0.936. The number of carboxylic acid groups (broad SMARTS) is 1. The molecule has 1 aromatic heterocycles. The number of rotatable bonds is 8. The first-order valence-electron chi connectivity index (χ1n) is 13.3. The molecule has 1 heterocycles. The number of carbonyl (C=O) groups is 1. The van der Waals surface area contributed by atoms with Crippen molar-refractivity contribution >= 4 is 40.8 Å². The zero-order chi connectivity index (χ0) is 28.2. The van der Waals surface area contributed by atoms with Crippen LogP contribution >= 0.6 is 34.8 Å². The van der Waals surface area contributed by atoms with Crippen LogP contribution in [0.4, 0.5) is 0 Å². The zero-order valence-corrected chi connectivity index (χ0v) is 24.1. The maximum Gasteiger partial charge on any atom is 0.335 e. The zero-order valence-electron chi connectivity index (χ0n) is 21.8. The lowest BCUT2D eigenvalue weighted by Gasteiger charge is -2.52. The summed E-state index contributed by atoms with van der Waals surface area (Å²) in [6.07, 6.45) is 9.15. The monoisotopic (exact) mass is 599 g/mol. The van der Waals surface area contributed by atoms with Crippen LogP contribution in [0.15, 0.2) is 64.7 Å². The lowest BCUT2D eigenvalue weighted by molar-refractivity contribution is -0.132. The first kappa shape index (κ1) is 27.4. The van der Waals surface area contributed by atoms with E-state index in [2.05, 4.69) is 12.1 Å². The van der Waals surface area contributed by atoms with Crippen molar-refractivity contribution in [3.63, 3.8) is 0 Å². The number of halogens is 3. The molecule has 9 heteroatoms. The van der Waals surface area contributed by atoms with Crippen molar-refractivity contribution in [2.24, 2.45) is 11.3 Å². The topological polar surface area (TPSA) is 92.8 Å². The highest BCUT2D eigenvalue weighted by atomic mass is 35.5. The molecule has 6 rings (SSSR count). The molecule has 6 nitrogen and oxygen atoms in total. The van der Waals surface area contributed by atoms with Gasteiger partial charge in [0.25, 0.3) is 0 Å². The highest BCUT2D eigenvalue weighted by molar-refractivity contribution is 6.39. The van der Waals surface area contributed by atoms with Crippen LogP contribution in [0.1, 0.15) is 61.8 Å². The Morgan fingerprint density at radius 2 is 1.85 bits per heavy atom. The minimum atomic E-state index is -1.05. The molecule has 0 aliphatic heterocycles. The molecule has 208 valence electrons. The Bertz CT molecular complexity index is 1530. The van der Waals surface area contributed by atoms with Gasteiger partial charge >= 0.3 is 5.97 Å². The van der Waals surface area contributed by atoms with Crippen molar-refractivity contribution in [2.45, 2.75) is 57.2 Å². The van der Waals surface area contributed by atoms with E-state index in [9.17, 15) is 15.0 Å². The quantitative estimate of drug-likeness (QED) is 0.270. The Morgan fingerprint density at radius 3 is 2.45 bits per heavy atom. The van der Waals surface area contributed by atoms with E-state index in [1.807, 2.05) is 18.2 Å². The van der Waals surface area contributed by atoms with Crippen molar-refractivity contribution in [2.75, 3.05) is 0 Å². The fourth-order valence-corrected chi connectivity index (χ4v) is 6.74. The number of carboxylic acids is 1. The van der Waals surface area contributed by atoms with Crippen molar-refractivity contribution in [3.05, 3.63) is 92.2 Å². The van der Waals surface area contributed by atoms with Crippen LogP contribution in [0.2, 0.25) is 15.1 Å². The molecule has 0 spiro atoms. The van der Waals surface area contributed by atoms with Crippen molar-refractivity contribution in [1.29, 1.82) is 0 Å². The van der Waals surface area contributed by atoms with Gasteiger partial charge in [-0.3, -0.25) is 0 Å². The molecule has 2 saturated carbocycles. The van der Waals surface area contributed by atoms with E-state index in [0.717, 1.165) is 24.2 Å². The smallest absolute Gasteiger partial charge is 0.335 e. The van der Waals surface area contributed by atoms with E-state index in [0.29, 0.717) is 68.4 Å². The van der Waals surface area contributed by atoms with Crippen LogP contribution in [0.3, 0.4) is 0 Å². The summed E-state index contributed by atoms with van der Waals surface area (Å²) in [7, 11) is 0. The SMILES string of the molecule is CC1([C@H]2C[C@@](O)(c3ccc(OCc4c(-c5c(Cl)cccc5Cl)noc4C4CC4)cc3Cl)C2)C=CC(C(=O)O)=CC1. The van der Waals surface area contributed by atoms with Gasteiger partial charge in [-0.2, -0.15) is 0 Å². The molecular weight excluding hydrogens is 573 g/mol. The second-order valence-corrected chi connectivity index (χ2v) is 12.5. The minimum Gasteiger partial charge on any atom is -0.489 e. The summed E-state index contributed by atoms with van der Waals surface area (Å²) in [5, 5.41) is 26.3. The molecule has 0 saturated heterocycles. The average Bonchev–Trinajstić information content (AvgIpc) is 3.66. The fraction of sp³-hybridized carbons (Fsp3) is 0.355. The van der Waals surface area contributed by atoms with E-state index >= 15 is 0 Å². The summed E-state index contributed by atoms with van der Waals surface area (Å²) < 4.78 is 11.9. The predicted octanol–water partition coefficient (Wildman–Crippen LogP) is 8.33. The summed E-state index contributed by atoms with van der Waals surface area (Å²) in [6.45, 7) is 2.30. The average molecular weight is 601 g/mol. The van der Waals surface area contributed by atoms with E-state index < -0.39 is 11.6 Å². The third kappa shape index (κ3) is 4.96. The number of aliphatic carboxylic acids is 1. The number of hydrogen-bond acceptors (Lipinski definition) is 5. The molecule has 2 N–H and O–H groups in total. The third-order valence-corrected chi connectivity index (χ3v) is 9.49. The summed E-state index contributed by atoms with van der Waals surface area (Å²) in [6, 6.07) is 10.7. The van der Waals surface area contributed by atoms with E-state index in [4.69, 9.17) is 44.1 Å². The highest BCUT2D eigenvalue weighted by Gasteiger charge is 2.51. The molecule has 0 bridgehead atoms. The maximum atomic E-state index is 11.4. The van der Waals surface area contributed by atoms with Gasteiger partial charge in [0.15, 0.2) is 0 Å². The molecule has 3 aliphatic carbocycles. The molecule has 3 aromatic rings. The lowest BCUT2D eigenvalue weighted by atomic mass is 9.55. The highest BCUT2D eigenvalue weighted by Crippen LogP contribution is 2.57. The molecule has 2 aromatic carbocycles. The first-order valence-corrected chi connectivity index (χ1v) is 14.4. The van der Waals surface area contributed by atoms with Crippen molar-refractivity contribution in [3.8, 4) is 17.0 Å². The Kier molecular flexibility index (Phi) is 7.02. The van der Waals surface area contributed by atoms with Gasteiger partial charge in [0.2, 0.25) is 0 Å². The summed E-state index contributed by atoms with van der Waals surface area (Å²) in [4.78, 5) is 11.2. The Labute approximate surface area is 247 Å². The standard InChI is InChI=1S/C31H28Cl3NO5/c1-30(11-9-18(10-12-30)29(36)37)19-14-31(38,15-19)22-8-7-20(13-25(22)34)39-16-21-27(35-40-28(21)17-5-6-17)26-23(32)3-2-4-24(26)33/h2-4,7-11,13,17,19,38H,5-6,12,14-16H2,1H3,(H,36,37)/t19-,30?,31-. The van der Waals surface area contributed by atoms with Gasteiger partial charge in [-0.25, -0.2) is 4.79 Å². The summed E-state index contributed by atoms with van der Waals surface area (Å²) in [5.41, 5.74) is 1.72. The number of aromatic nitrogens is 1. The molecular formula is C31H28Cl3NO5. The molecule has 3 aliphatic rings.